The van der Waals surface area contributed by atoms with E-state index in [0.717, 1.165) is 41.0 Å². The van der Waals surface area contributed by atoms with Crippen molar-refractivity contribution < 1.29 is 23.2 Å². The van der Waals surface area contributed by atoms with Crippen molar-refractivity contribution in [1.29, 1.82) is 0 Å². The summed E-state index contributed by atoms with van der Waals surface area (Å²) in [7, 11) is -2.67. The highest BCUT2D eigenvalue weighted by Gasteiger charge is 2.33. The largest absolute Gasteiger partial charge is 0.527 e. The van der Waals surface area contributed by atoms with Crippen LogP contribution in [0.3, 0.4) is 0 Å². The fourth-order valence-electron chi connectivity index (χ4n) is 3.88. The van der Waals surface area contributed by atoms with Gasteiger partial charge < -0.3 is 9.26 Å². The molecular weight excluding hydrogens is 407 g/mol. The van der Waals surface area contributed by atoms with Crippen LogP contribution in [0, 0.1) is 5.92 Å². The average Bonchev–Trinajstić information content (AvgIpc) is 2.83. The lowest BCUT2D eigenvalue weighted by Gasteiger charge is -2.28. The number of benzene rings is 2. The third-order valence-corrected chi connectivity index (χ3v) is 7.48. The van der Waals surface area contributed by atoms with Gasteiger partial charge in [-0.15, -0.1) is 0 Å². The molecule has 4 rings (SSSR count). The van der Waals surface area contributed by atoms with Crippen LogP contribution in [-0.4, -0.2) is 18.1 Å². The molecule has 154 valence electrons. The fourth-order valence-corrected chi connectivity index (χ4v) is 6.03. The van der Waals surface area contributed by atoms with Crippen LogP contribution in [0.2, 0.25) is 0 Å². The zero-order valence-corrected chi connectivity index (χ0v) is 18.2. The Morgan fingerprint density at radius 3 is 2.76 bits per heavy atom. The molecule has 0 radical (unpaired) electrons. The number of methoxy groups -OCH3 is 1. The second-order valence-corrected chi connectivity index (χ2v) is 9.93. The Balaban J connectivity index is 1.68. The highest BCUT2D eigenvalue weighted by atomic mass is 32.2. The number of phosphoric acid groups is 1. The van der Waals surface area contributed by atoms with Crippen LogP contribution >= 0.6 is 19.6 Å². The molecule has 2 aromatic carbocycles. The lowest BCUT2D eigenvalue weighted by molar-refractivity contribution is 0.0873. The Hall–Kier alpha value is -1.72. The van der Waals surface area contributed by atoms with Crippen LogP contribution < -0.4 is 4.74 Å². The molecule has 1 fully saturated rings. The third-order valence-electron chi connectivity index (χ3n) is 5.27. The Morgan fingerprint density at radius 1 is 1.14 bits per heavy atom. The minimum absolute atomic E-state index is 0.257. The highest BCUT2D eigenvalue weighted by Crippen LogP contribution is 2.54. The molecule has 29 heavy (non-hydrogen) atoms. The quantitative estimate of drug-likeness (QED) is 0.554. The molecule has 1 N–H and O–H groups in total. The topological polar surface area (TPSA) is 65.0 Å². The lowest BCUT2D eigenvalue weighted by atomic mass is 9.89. The minimum Gasteiger partial charge on any atom is -0.496 e. The molecule has 3 atom stereocenters. The monoisotopic (exact) mass is 432 g/mol. The van der Waals surface area contributed by atoms with Crippen LogP contribution in [0.4, 0.5) is 0 Å². The van der Waals surface area contributed by atoms with Crippen molar-refractivity contribution in [2.24, 2.45) is 5.92 Å². The summed E-state index contributed by atoms with van der Waals surface area (Å²) in [5.41, 5.74) is 1.62. The Morgan fingerprint density at radius 2 is 1.97 bits per heavy atom. The molecule has 0 spiro atoms. The van der Waals surface area contributed by atoms with E-state index in [4.69, 9.17) is 13.8 Å². The first kappa shape index (κ1) is 20.5. The molecule has 1 aliphatic heterocycles. The minimum atomic E-state index is -4.28. The van der Waals surface area contributed by atoms with Gasteiger partial charge in [0.2, 0.25) is 0 Å². The maximum absolute atomic E-state index is 12.9. The number of phosphoric ester groups is 1. The van der Waals surface area contributed by atoms with Crippen molar-refractivity contribution in [2.75, 3.05) is 7.11 Å². The molecule has 1 aliphatic carbocycles. The van der Waals surface area contributed by atoms with Gasteiger partial charge in [0, 0.05) is 10.5 Å². The van der Waals surface area contributed by atoms with Gasteiger partial charge >= 0.3 is 7.82 Å². The van der Waals surface area contributed by atoms with Crippen molar-refractivity contribution in [3.63, 3.8) is 0 Å². The number of fused-ring (bicyclic) bond motifs is 2. The summed E-state index contributed by atoms with van der Waals surface area (Å²) in [6, 6.07) is 13.4. The maximum atomic E-state index is 12.9. The van der Waals surface area contributed by atoms with Crippen LogP contribution in [0.25, 0.3) is 11.8 Å². The van der Waals surface area contributed by atoms with Crippen LogP contribution in [0.1, 0.15) is 43.7 Å². The molecule has 2 aliphatic rings. The molecule has 0 bridgehead atoms. The predicted molar refractivity (Wildman–Crippen MR) is 115 cm³/mol. The Kier molecular flexibility index (Phi) is 6.07. The fraction of sp³-hybridized carbons (Fsp3) is 0.364. The van der Waals surface area contributed by atoms with Gasteiger partial charge in [0.1, 0.15) is 11.5 Å². The van der Waals surface area contributed by atoms with Gasteiger partial charge in [0.05, 0.1) is 18.1 Å². The molecule has 1 saturated carbocycles. The summed E-state index contributed by atoms with van der Waals surface area (Å²) in [6.45, 7) is 2.14. The maximum Gasteiger partial charge on any atom is 0.527 e. The molecule has 7 heteroatoms. The van der Waals surface area contributed by atoms with Gasteiger partial charge in [-0.2, -0.15) is 0 Å². The van der Waals surface area contributed by atoms with E-state index in [9.17, 15) is 9.46 Å². The van der Waals surface area contributed by atoms with Crippen molar-refractivity contribution in [3.05, 3.63) is 53.6 Å². The average molecular weight is 432 g/mol. The molecule has 0 aromatic heterocycles. The van der Waals surface area contributed by atoms with E-state index in [2.05, 4.69) is 6.92 Å². The van der Waals surface area contributed by atoms with Gasteiger partial charge in [-0.1, -0.05) is 55.8 Å². The van der Waals surface area contributed by atoms with Crippen molar-refractivity contribution in [2.45, 2.75) is 48.5 Å². The van der Waals surface area contributed by atoms with Crippen molar-refractivity contribution in [1.82, 2.24) is 0 Å². The molecule has 3 unspecified atom stereocenters. The van der Waals surface area contributed by atoms with Gasteiger partial charge in [0.25, 0.3) is 0 Å². The van der Waals surface area contributed by atoms with Crippen LogP contribution in [0.15, 0.2) is 52.3 Å². The predicted octanol–water partition coefficient (Wildman–Crippen LogP) is 6.37. The lowest BCUT2D eigenvalue weighted by Crippen LogP contribution is -2.20. The van der Waals surface area contributed by atoms with E-state index in [1.165, 1.54) is 0 Å². The van der Waals surface area contributed by atoms with Crippen molar-refractivity contribution >= 4 is 31.4 Å². The van der Waals surface area contributed by atoms with Gasteiger partial charge in [0.15, 0.2) is 0 Å². The third kappa shape index (κ3) is 4.72. The van der Waals surface area contributed by atoms with Gasteiger partial charge in [-0.25, -0.2) is 4.57 Å². The second-order valence-electron chi connectivity index (χ2n) is 7.54. The van der Waals surface area contributed by atoms with E-state index in [1.54, 1.807) is 24.9 Å². The summed E-state index contributed by atoms with van der Waals surface area (Å²) in [6.07, 6.45) is 5.22. The van der Waals surface area contributed by atoms with E-state index >= 15 is 0 Å². The van der Waals surface area contributed by atoms with Gasteiger partial charge in [-0.05, 0) is 48.6 Å². The van der Waals surface area contributed by atoms with E-state index in [-0.39, 0.29) is 6.10 Å². The number of rotatable bonds is 5. The summed E-state index contributed by atoms with van der Waals surface area (Å²) in [4.78, 5) is 12.4. The van der Waals surface area contributed by atoms with E-state index < -0.39 is 7.82 Å². The standard InChI is InChI=1S/C22H25O5PS/c1-15-7-5-9-17(13-15)26-28(23,24)27-20-14-16-8-3-4-12-21(16)29-22-18(20)10-6-11-19(22)25-2/h3-4,6,8,10-12,14-15,17H,5,7,9,13H2,1-2H3,(H,23,24). The van der Waals surface area contributed by atoms with E-state index in [0.29, 0.717) is 23.0 Å². The zero-order chi connectivity index (χ0) is 20.4. The second kappa shape index (κ2) is 8.57. The molecule has 2 aromatic rings. The Bertz CT molecular complexity index is 973. The molecule has 0 amide bonds. The zero-order valence-electron chi connectivity index (χ0n) is 16.5. The number of ether oxygens (including phenoxy) is 1. The van der Waals surface area contributed by atoms with Crippen LogP contribution in [-0.2, 0) is 13.6 Å². The SMILES string of the molecule is COc1cccc2c1Sc1ccccc1C=C2OP(=O)(O)OC1CCCC(C)C1. The van der Waals surface area contributed by atoms with Crippen molar-refractivity contribution in [3.8, 4) is 5.75 Å². The summed E-state index contributed by atoms with van der Waals surface area (Å²) >= 11 is 1.55. The van der Waals surface area contributed by atoms with Crippen LogP contribution in [0.5, 0.6) is 5.75 Å². The summed E-state index contributed by atoms with van der Waals surface area (Å²) in [5.74, 6) is 1.48. The first-order chi connectivity index (χ1) is 13.9. The summed E-state index contributed by atoms with van der Waals surface area (Å²) < 4.78 is 29.6. The number of hydrogen-bond donors (Lipinski definition) is 1. The first-order valence-electron chi connectivity index (χ1n) is 9.82. The smallest absolute Gasteiger partial charge is 0.496 e. The molecule has 5 nitrogen and oxygen atoms in total. The number of hydrogen-bond acceptors (Lipinski definition) is 5. The normalized spacial score (nSPS) is 23.1. The summed E-state index contributed by atoms with van der Waals surface area (Å²) in [5, 5.41) is 0. The molecule has 0 saturated heterocycles. The highest BCUT2D eigenvalue weighted by molar-refractivity contribution is 7.99. The Labute approximate surface area is 175 Å². The molecular formula is C22H25O5PS. The first-order valence-corrected chi connectivity index (χ1v) is 12.1. The molecule has 1 heterocycles. The van der Waals surface area contributed by atoms with Gasteiger partial charge in [-0.3, -0.25) is 9.42 Å². The van der Waals surface area contributed by atoms with E-state index in [1.807, 2.05) is 42.5 Å².